The highest BCUT2D eigenvalue weighted by Gasteiger charge is 2.23. The van der Waals surface area contributed by atoms with E-state index in [2.05, 4.69) is 43.6 Å². The van der Waals surface area contributed by atoms with Crippen LogP contribution in [0.5, 0.6) is 5.75 Å². The molecule has 0 spiro atoms. The normalized spacial score (nSPS) is 11.9. The molecule has 3 heteroatoms. The molecule has 0 atom stereocenters. The molecule has 0 amide bonds. The Kier molecular flexibility index (Phi) is 5.02. The molecule has 0 bridgehead atoms. The van der Waals surface area contributed by atoms with Crippen LogP contribution in [0, 0.1) is 5.92 Å². The van der Waals surface area contributed by atoms with Gasteiger partial charge in [-0.1, -0.05) is 19.9 Å². The van der Waals surface area contributed by atoms with E-state index in [1.807, 2.05) is 18.2 Å². The molecule has 0 fully saturated rings. The Morgan fingerprint density at radius 3 is 2.47 bits per heavy atom. The molecular weight excluding hydrogens is 280 g/mol. The van der Waals surface area contributed by atoms with Crippen molar-refractivity contribution in [2.24, 2.45) is 0 Å². The van der Waals surface area contributed by atoms with Crippen LogP contribution >= 0.6 is 15.9 Å². The minimum atomic E-state index is -0.194. The van der Waals surface area contributed by atoms with Crippen LogP contribution in [0.1, 0.15) is 33.3 Å². The lowest BCUT2D eigenvalue weighted by molar-refractivity contribution is -0.0170. The maximum atomic E-state index is 5.91. The first-order valence-corrected chi connectivity index (χ1v) is 6.43. The summed E-state index contributed by atoms with van der Waals surface area (Å²) in [4.78, 5) is 0. The van der Waals surface area contributed by atoms with Crippen LogP contribution in [0.25, 0.3) is 0 Å². The SMILES string of the molecule is COc1cc(COC(C)(C)[C](C)C)ccc1Br. The molecule has 0 saturated heterocycles. The smallest absolute Gasteiger partial charge is 0.133 e. The van der Waals surface area contributed by atoms with E-state index in [9.17, 15) is 0 Å². The van der Waals surface area contributed by atoms with Gasteiger partial charge in [0.1, 0.15) is 5.75 Å². The highest BCUT2D eigenvalue weighted by molar-refractivity contribution is 9.10. The fraction of sp³-hybridized carbons (Fsp3) is 0.500. The maximum absolute atomic E-state index is 5.91. The Morgan fingerprint density at radius 2 is 1.94 bits per heavy atom. The average molecular weight is 300 g/mol. The van der Waals surface area contributed by atoms with Crippen LogP contribution in [0.3, 0.4) is 0 Å². The molecule has 1 rings (SSSR count). The Labute approximate surface area is 112 Å². The van der Waals surface area contributed by atoms with Crippen LogP contribution in [-0.4, -0.2) is 12.7 Å². The zero-order valence-corrected chi connectivity index (χ0v) is 12.7. The number of hydrogen-bond donors (Lipinski definition) is 0. The summed E-state index contributed by atoms with van der Waals surface area (Å²) >= 11 is 3.43. The van der Waals surface area contributed by atoms with Crippen molar-refractivity contribution < 1.29 is 9.47 Å². The molecule has 1 aromatic carbocycles. The minimum absolute atomic E-state index is 0.194. The van der Waals surface area contributed by atoms with E-state index in [-0.39, 0.29) is 5.60 Å². The quantitative estimate of drug-likeness (QED) is 0.804. The van der Waals surface area contributed by atoms with Crippen molar-refractivity contribution >= 4 is 15.9 Å². The van der Waals surface area contributed by atoms with Gasteiger partial charge in [-0.15, -0.1) is 0 Å². The summed E-state index contributed by atoms with van der Waals surface area (Å²) in [6.07, 6.45) is 0. The monoisotopic (exact) mass is 299 g/mol. The van der Waals surface area contributed by atoms with Crippen LogP contribution in [0.15, 0.2) is 22.7 Å². The first-order chi connectivity index (χ1) is 7.86. The highest BCUT2D eigenvalue weighted by Crippen LogP contribution is 2.28. The lowest BCUT2D eigenvalue weighted by Gasteiger charge is -2.29. The van der Waals surface area contributed by atoms with Gasteiger partial charge < -0.3 is 9.47 Å². The van der Waals surface area contributed by atoms with Crippen LogP contribution in [0.4, 0.5) is 0 Å². The van der Waals surface area contributed by atoms with E-state index in [0.29, 0.717) is 6.61 Å². The van der Waals surface area contributed by atoms with Gasteiger partial charge in [0.25, 0.3) is 0 Å². The van der Waals surface area contributed by atoms with E-state index >= 15 is 0 Å². The molecule has 95 valence electrons. The fourth-order valence-corrected chi connectivity index (χ4v) is 1.61. The third-order valence-corrected chi connectivity index (χ3v) is 3.67. The molecule has 0 aliphatic heterocycles. The predicted molar refractivity (Wildman–Crippen MR) is 74.2 cm³/mol. The van der Waals surface area contributed by atoms with E-state index in [1.54, 1.807) is 7.11 Å². The van der Waals surface area contributed by atoms with Gasteiger partial charge >= 0.3 is 0 Å². The summed E-state index contributed by atoms with van der Waals surface area (Å²) in [5, 5.41) is 0. The van der Waals surface area contributed by atoms with Crippen molar-refractivity contribution in [1.82, 2.24) is 0 Å². The lowest BCUT2D eigenvalue weighted by Crippen LogP contribution is -2.29. The number of benzene rings is 1. The van der Waals surface area contributed by atoms with E-state index < -0.39 is 0 Å². The van der Waals surface area contributed by atoms with Crippen molar-refractivity contribution in [3.8, 4) is 5.75 Å². The molecule has 2 nitrogen and oxygen atoms in total. The third-order valence-electron chi connectivity index (χ3n) is 3.02. The van der Waals surface area contributed by atoms with E-state index in [4.69, 9.17) is 9.47 Å². The maximum Gasteiger partial charge on any atom is 0.133 e. The molecule has 0 aromatic heterocycles. The number of halogens is 1. The number of ether oxygens (including phenoxy) is 2. The molecule has 17 heavy (non-hydrogen) atoms. The molecule has 0 aliphatic rings. The molecule has 1 radical (unpaired) electrons. The number of methoxy groups -OCH3 is 1. The van der Waals surface area contributed by atoms with Crippen molar-refractivity contribution in [3.63, 3.8) is 0 Å². The zero-order chi connectivity index (χ0) is 13.1. The molecule has 1 aromatic rings. The summed E-state index contributed by atoms with van der Waals surface area (Å²) in [7, 11) is 1.67. The summed E-state index contributed by atoms with van der Waals surface area (Å²) in [5.74, 6) is 2.10. The van der Waals surface area contributed by atoms with Crippen molar-refractivity contribution in [3.05, 3.63) is 34.2 Å². The van der Waals surface area contributed by atoms with Gasteiger partial charge in [0.05, 0.1) is 23.8 Å². The minimum Gasteiger partial charge on any atom is -0.496 e. The summed E-state index contributed by atoms with van der Waals surface area (Å²) in [6, 6.07) is 6.01. The van der Waals surface area contributed by atoms with Crippen molar-refractivity contribution in [2.45, 2.75) is 39.9 Å². The third kappa shape index (κ3) is 4.00. The van der Waals surface area contributed by atoms with E-state index in [1.165, 1.54) is 5.92 Å². The Balaban J connectivity index is 2.70. The molecule has 0 heterocycles. The molecule has 0 unspecified atom stereocenters. The van der Waals surface area contributed by atoms with Gasteiger partial charge in [-0.25, -0.2) is 0 Å². The largest absolute Gasteiger partial charge is 0.496 e. The van der Waals surface area contributed by atoms with Gasteiger partial charge in [0, 0.05) is 5.92 Å². The fourth-order valence-electron chi connectivity index (χ4n) is 1.20. The van der Waals surface area contributed by atoms with Gasteiger partial charge in [0.15, 0.2) is 0 Å². The lowest BCUT2D eigenvalue weighted by atomic mass is 9.94. The molecule has 0 aliphatic carbocycles. The zero-order valence-electron chi connectivity index (χ0n) is 11.1. The Bertz CT molecular complexity index is 372. The van der Waals surface area contributed by atoms with Gasteiger partial charge in [-0.3, -0.25) is 0 Å². The van der Waals surface area contributed by atoms with Crippen molar-refractivity contribution in [1.29, 1.82) is 0 Å². The van der Waals surface area contributed by atoms with Crippen LogP contribution in [0.2, 0.25) is 0 Å². The second-order valence-electron chi connectivity index (χ2n) is 4.77. The van der Waals surface area contributed by atoms with Crippen LogP contribution < -0.4 is 4.74 Å². The van der Waals surface area contributed by atoms with Gasteiger partial charge in [-0.2, -0.15) is 0 Å². The second kappa shape index (κ2) is 5.87. The van der Waals surface area contributed by atoms with E-state index in [0.717, 1.165) is 15.8 Å². The Hall–Kier alpha value is -0.540. The summed E-state index contributed by atoms with van der Waals surface area (Å²) in [6.45, 7) is 8.92. The summed E-state index contributed by atoms with van der Waals surface area (Å²) < 4.78 is 12.1. The highest BCUT2D eigenvalue weighted by atomic mass is 79.9. The average Bonchev–Trinajstić information content (AvgIpc) is 2.28. The van der Waals surface area contributed by atoms with Crippen molar-refractivity contribution in [2.75, 3.05) is 7.11 Å². The topological polar surface area (TPSA) is 18.5 Å². The first kappa shape index (κ1) is 14.5. The number of rotatable bonds is 5. The first-order valence-electron chi connectivity index (χ1n) is 5.64. The van der Waals surface area contributed by atoms with Gasteiger partial charge in [0.2, 0.25) is 0 Å². The summed E-state index contributed by atoms with van der Waals surface area (Å²) in [5.41, 5.74) is 0.916. The number of hydrogen-bond acceptors (Lipinski definition) is 2. The molecular formula is C14H20BrO2. The molecule has 0 N–H and O–H groups in total. The Morgan fingerprint density at radius 1 is 1.29 bits per heavy atom. The standard InChI is InChI=1S/C14H20BrO2/c1-10(2)14(3,4)17-9-11-6-7-12(15)13(8-11)16-5/h6-8H,9H2,1-5H3. The predicted octanol–water partition coefficient (Wildman–Crippen LogP) is 4.37. The molecule has 0 saturated carbocycles. The second-order valence-corrected chi connectivity index (χ2v) is 5.62. The van der Waals surface area contributed by atoms with Gasteiger partial charge in [-0.05, 0) is 47.5 Å². The van der Waals surface area contributed by atoms with Crippen LogP contribution in [-0.2, 0) is 11.3 Å².